The largest absolute Gasteiger partial charge is 0.388 e. The fourth-order valence-electron chi connectivity index (χ4n) is 2.77. The lowest BCUT2D eigenvalue weighted by Crippen LogP contribution is -2.15. The van der Waals surface area contributed by atoms with Gasteiger partial charge in [-0.15, -0.1) is 0 Å². The quantitative estimate of drug-likeness (QED) is 0.422. The number of rotatable bonds is 6. The molecular formula is C21H18BrCl2NO. The van der Waals surface area contributed by atoms with Crippen molar-refractivity contribution in [2.45, 2.75) is 18.6 Å². The number of hydrogen-bond acceptors (Lipinski definition) is 2. The zero-order valence-electron chi connectivity index (χ0n) is 13.9. The predicted molar refractivity (Wildman–Crippen MR) is 113 cm³/mol. The van der Waals surface area contributed by atoms with Gasteiger partial charge in [0.1, 0.15) is 0 Å². The van der Waals surface area contributed by atoms with Gasteiger partial charge in [-0.05, 0) is 59.7 Å². The normalized spacial score (nSPS) is 13.2. The van der Waals surface area contributed by atoms with Gasteiger partial charge in [0, 0.05) is 26.6 Å². The first-order valence-electron chi connectivity index (χ1n) is 8.22. The fraction of sp³-hybridized carbons (Fsp3) is 0.143. The average molecular weight is 451 g/mol. The summed E-state index contributed by atoms with van der Waals surface area (Å²) < 4.78 is 1.02. The van der Waals surface area contributed by atoms with Crippen LogP contribution in [-0.4, -0.2) is 5.11 Å². The summed E-state index contributed by atoms with van der Waals surface area (Å²) in [6.07, 6.45) is -0.0907. The molecule has 0 heterocycles. The summed E-state index contributed by atoms with van der Waals surface area (Å²) in [5.41, 5.74) is 2.89. The van der Waals surface area contributed by atoms with Gasteiger partial charge in [-0.1, -0.05) is 63.4 Å². The molecule has 0 amide bonds. The molecule has 3 aromatic rings. The second-order valence-corrected chi connectivity index (χ2v) is 7.85. The number of hydrogen-bond donors (Lipinski definition) is 2. The first-order chi connectivity index (χ1) is 12.5. The van der Waals surface area contributed by atoms with Gasteiger partial charge in [0.15, 0.2) is 0 Å². The fourth-order valence-corrected chi connectivity index (χ4v) is 3.28. The van der Waals surface area contributed by atoms with Crippen LogP contribution in [0.2, 0.25) is 10.0 Å². The van der Waals surface area contributed by atoms with Crippen LogP contribution in [0.5, 0.6) is 0 Å². The minimum atomic E-state index is -0.610. The van der Waals surface area contributed by atoms with Crippen LogP contribution in [0, 0.1) is 0 Å². The van der Waals surface area contributed by atoms with Crippen molar-refractivity contribution in [1.82, 2.24) is 0 Å². The Balaban J connectivity index is 1.83. The van der Waals surface area contributed by atoms with Crippen molar-refractivity contribution in [2.24, 2.45) is 0 Å². The molecule has 0 saturated carbocycles. The maximum Gasteiger partial charge on any atom is 0.0813 e. The third kappa shape index (κ3) is 5.24. The Labute approximate surface area is 171 Å². The van der Waals surface area contributed by atoms with Gasteiger partial charge < -0.3 is 10.4 Å². The zero-order valence-corrected chi connectivity index (χ0v) is 17.0. The molecule has 2 nitrogen and oxygen atoms in total. The lowest BCUT2D eigenvalue weighted by Gasteiger charge is -2.24. The van der Waals surface area contributed by atoms with E-state index in [0.717, 1.165) is 21.3 Å². The first-order valence-corrected chi connectivity index (χ1v) is 9.77. The number of aliphatic hydroxyl groups is 1. The van der Waals surface area contributed by atoms with E-state index in [2.05, 4.69) is 21.2 Å². The summed E-state index contributed by atoms with van der Waals surface area (Å²) in [6, 6.07) is 22.9. The molecule has 134 valence electrons. The van der Waals surface area contributed by atoms with E-state index in [0.29, 0.717) is 16.5 Å². The molecule has 2 atom stereocenters. The molecule has 0 aromatic heterocycles. The Morgan fingerprint density at radius 2 is 1.27 bits per heavy atom. The van der Waals surface area contributed by atoms with Gasteiger partial charge in [0.25, 0.3) is 0 Å². The van der Waals surface area contributed by atoms with E-state index in [9.17, 15) is 5.11 Å². The van der Waals surface area contributed by atoms with Crippen molar-refractivity contribution >= 4 is 44.8 Å². The summed E-state index contributed by atoms with van der Waals surface area (Å²) in [6.45, 7) is 0. The second-order valence-electron chi connectivity index (χ2n) is 6.06. The van der Waals surface area contributed by atoms with Gasteiger partial charge in [-0.3, -0.25) is 0 Å². The SMILES string of the molecule is OC(CC(Nc1ccc(Cl)cc1)c1ccc(Br)cc1)c1ccc(Cl)cc1. The van der Waals surface area contributed by atoms with Crippen molar-refractivity contribution in [1.29, 1.82) is 0 Å². The highest BCUT2D eigenvalue weighted by Crippen LogP contribution is 2.31. The van der Waals surface area contributed by atoms with E-state index in [1.807, 2.05) is 60.7 Å². The van der Waals surface area contributed by atoms with Crippen LogP contribution in [0.4, 0.5) is 5.69 Å². The lowest BCUT2D eigenvalue weighted by atomic mass is 9.96. The Morgan fingerprint density at radius 1 is 0.769 bits per heavy atom. The molecule has 26 heavy (non-hydrogen) atoms. The number of halogens is 3. The van der Waals surface area contributed by atoms with Crippen LogP contribution >= 0.6 is 39.1 Å². The van der Waals surface area contributed by atoms with E-state index in [1.165, 1.54) is 0 Å². The van der Waals surface area contributed by atoms with E-state index >= 15 is 0 Å². The van der Waals surface area contributed by atoms with E-state index in [1.54, 1.807) is 12.1 Å². The highest BCUT2D eigenvalue weighted by molar-refractivity contribution is 9.10. The van der Waals surface area contributed by atoms with Gasteiger partial charge in [-0.25, -0.2) is 0 Å². The minimum absolute atomic E-state index is 0.0602. The Morgan fingerprint density at radius 3 is 1.85 bits per heavy atom. The third-order valence-corrected chi connectivity index (χ3v) is 5.20. The summed E-state index contributed by atoms with van der Waals surface area (Å²) >= 11 is 15.4. The predicted octanol–water partition coefficient (Wildman–Crippen LogP) is 7.03. The molecule has 2 unspecified atom stereocenters. The second kappa shape index (κ2) is 8.92. The van der Waals surface area contributed by atoms with Crippen LogP contribution in [0.25, 0.3) is 0 Å². The van der Waals surface area contributed by atoms with Crippen LogP contribution in [-0.2, 0) is 0 Å². The maximum absolute atomic E-state index is 10.7. The van der Waals surface area contributed by atoms with Gasteiger partial charge in [0.2, 0.25) is 0 Å². The highest BCUT2D eigenvalue weighted by atomic mass is 79.9. The van der Waals surface area contributed by atoms with Gasteiger partial charge >= 0.3 is 0 Å². The van der Waals surface area contributed by atoms with E-state index < -0.39 is 6.10 Å². The van der Waals surface area contributed by atoms with Gasteiger partial charge in [-0.2, -0.15) is 0 Å². The molecule has 0 bridgehead atoms. The van der Waals surface area contributed by atoms with Crippen molar-refractivity contribution in [3.63, 3.8) is 0 Å². The smallest absolute Gasteiger partial charge is 0.0813 e. The number of nitrogens with one attached hydrogen (secondary N) is 1. The van der Waals surface area contributed by atoms with E-state index in [-0.39, 0.29) is 6.04 Å². The molecule has 0 radical (unpaired) electrons. The molecule has 2 N–H and O–H groups in total. The van der Waals surface area contributed by atoms with Crippen LogP contribution in [0.1, 0.15) is 29.7 Å². The summed E-state index contributed by atoms with van der Waals surface area (Å²) in [5, 5.41) is 15.5. The van der Waals surface area contributed by atoms with Crippen molar-refractivity contribution in [2.75, 3.05) is 5.32 Å². The Bertz CT molecular complexity index is 835. The average Bonchev–Trinajstić information content (AvgIpc) is 2.64. The summed E-state index contributed by atoms with van der Waals surface area (Å²) in [7, 11) is 0. The zero-order chi connectivity index (χ0) is 18.5. The molecule has 0 saturated heterocycles. The molecule has 0 fully saturated rings. The Kier molecular flexibility index (Phi) is 6.60. The standard InChI is InChI=1S/C21H18BrCl2NO/c22-16-5-1-14(2-6-16)20(25-19-11-9-18(24)10-12-19)13-21(26)15-3-7-17(23)8-4-15/h1-12,20-21,25-26H,13H2. The molecule has 3 rings (SSSR count). The maximum atomic E-state index is 10.7. The number of benzene rings is 3. The van der Waals surface area contributed by atoms with Crippen LogP contribution < -0.4 is 5.32 Å². The summed E-state index contributed by atoms with van der Waals surface area (Å²) in [5.74, 6) is 0. The monoisotopic (exact) mass is 449 g/mol. The van der Waals surface area contributed by atoms with Crippen LogP contribution in [0.15, 0.2) is 77.3 Å². The van der Waals surface area contributed by atoms with Crippen molar-refractivity contribution in [3.8, 4) is 0 Å². The van der Waals surface area contributed by atoms with Crippen LogP contribution in [0.3, 0.4) is 0 Å². The number of anilines is 1. The molecule has 0 aliphatic rings. The van der Waals surface area contributed by atoms with E-state index in [4.69, 9.17) is 23.2 Å². The first kappa shape index (κ1) is 19.2. The molecule has 5 heteroatoms. The highest BCUT2D eigenvalue weighted by Gasteiger charge is 2.18. The number of aliphatic hydroxyl groups excluding tert-OH is 1. The molecule has 3 aromatic carbocycles. The molecule has 0 aliphatic carbocycles. The molecule has 0 aliphatic heterocycles. The Hall–Kier alpha value is -1.52. The lowest BCUT2D eigenvalue weighted by molar-refractivity contribution is 0.160. The van der Waals surface area contributed by atoms with Crippen molar-refractivity contribution < 1.29 is 5.11 Å². The summed E-state index contributed by atoms with van der Waals surface area (Å²) in [4.78, 5) is 0. The molecular weight excluding hydrogens is 433 g/mol. The van der Waals surface area contributed by atoms with Crippen molar-refractivity contribution in [3.05, 3.63) is 98.4 Å². The minimum Gasteiger partial charge on any atom is -0.388 e. The third-order valence-electron chi connectivity index (χ3n) is 4.17. The van der Waals surface area contributed by atoms with Gasteiger partial charge in [0.05, 0.1) is 12.1 Å². The molecule has 0 spiro atoms. The topological polar surface area (TPSA) is 32.3 Å².